The summed E-state index contributed by atoms with van der Waals surface area (Å²) in [5, 5.41) is 1.63. The molecule has 1 N–H and O–H groups in total. The van der Waals surface area contributed by atoms with E-state index in [4.69, 9.17) is 0 Å². The van der Waals surface area contributed by atoms with Gasteiger partial charge in [-0.25, -0.2) is 8.42 Å². The molecule has 3 aliphatic rings. The molecule has 3 rings (SSSR count). The van der Waals surface area contributed by atoms with Crippen molar-refractivity contribution in [2.75, 3.05) is 5.75 Å². The van der Waals surface area contributed by atoms with E-state index in [1.807, 2.05) is 0 Å². The van der Waals surface area contributed by atoms with E-state index >= 15 is 0 Å². The molecule has 2 heterocycles. The second-order valence-corrected chi connectivity index (χ2v) is 6.47. The standard InChI is InChI=1S/C8H9NO4S/c10-7-4-3-1-2-14(12,13)6(3)5(4)8(11)9-7/h3-6H,1-2H2,(H,9,10,11)/t3-,4-,5-,6-/m1/s1. The fourth-order valence-corrected chi connectivity index (χ4v) is 5.47. The van der Waals surface area contributed by atoms with Gasteiger partial charge in [-0.3, -0.25) is 14.9 Å². The molecule has 3 fully saturated rings. The van der Waals surface area contributed by atoms with Crippen LogP contribution in [0.5, 0.6) is 0 Å². The van der Waals surface area contributed by atoms with Crippen LogP contribution in [0.3, 0.4) is 0 Å². The number of hydrogen-bond donors (Lipinski definition) is 1. The maximum Gasteiger partial charge on any atom is 0.231 e. The van der Waals surface area contributed by atoms with Crippen LogP contribution >= 0.6 is 0 Å². The van der Waals surface area contributed by atoms with Crippen LogP contribution in [-0.4, -0.2) is 31.2 Å². The van der Waals surface area contributed by atoms with E-state index in [0.29, 0.717) is 6.42 Å². The molecular weight excluding hydrogens is 206 g/mol. The van der Waals surface area contributed by atoms with Gasteiger partial charge in [0.25, 0.3) is 0 Å². The highest BCUT2D eigenvalue weighted by Crippen LogP contribution is 2.53. The van der Waals surface area contributed by atoms with Crippen LogP contribution in [0, 0.1) is 17.8 Å². The predicted octanol–water partition coefficient (Wildman–Crippen LogP) is -1.31. The van der Waals surface area contributed by atoms with Crippen molar-refractivity contribution in [1.29, 1.82) is 0 Å². The lowest BCUT2D eigenvalue weighted by atomic mass is 9.65. The third-order valence-electron chi connectivity index (χ3n) is 3.63. The van der Waals surface area contributed by atoms with E-state index in [2.05, 4.69) is 5.32 Å². The normalized spacial score (nSPS) is 48.0. The second-order valence-electron chi connectivity index (χ2n) is 4.19. The van der Waals surface area contributed by atoms with E-state index in [1.165, 1.54) is 0 Å². The summed E-state index contributed by atoms with van der Waals surface area (Å²) >= 11 is 0. The van der Waals surface area contributed by atoms with Gasteiger partial charge in [0, 0.05) is 0 Å². The highest BCUT2D eigenvalue weighted by atomic mass is 32.2. The maximum atomic E-state index is 11.5. The van der Waals surface area contributed by atoms with E-state index in [1.54, 1.807) is 0 Å². The van der Waals surface area contributed by atoms with Gasteiger partial charge in [-0.05, 0) is 12.3 Å². The molecule has 4 atom stereocenters. The molecule has 5 nitrogen and oxygen atoms in total. The Morgan fingerprint density at radius 3 is 2.50 bits per heavy atom. The van der Waals surface area contributed by atoms with Gasteiger partial charge in [0.2, 0.25) is 11.8 Å². The number of hydrogen-bond acceptors (Lipinski definition) is 4. The van der Waals surface area contributed by atoms with Gasteiger partial charge in [-0.1, -0.05) is 0 Å². The van der Waals surface area contributed by atoms with Gasteiger partial charge in [0.05, 0.1) is 22.8 Å². The highest BCUT2D eigenvalue weighted by Gasteiger charge is 2.68. The molecule has 0 aromatic carbocycles. The van der Waals surface area contributed by atoms with Crippen LogP contribution in [0.2, 0.25) is 0 Å². The summed E-state index contributed by atoms with van der Waals surface area (Å²) in [5.41, 5.74) is 0. The van der Waals surface area contributed by atoms with E-state index < -0.39 is 26.9 Å². The predicted molar refractivity (Wildman–Crippen MR) is 45.8 cm³/mol. The number of fused-ring (bicyclic) bond motifs is 4. The molecule has 0 unspecified atom stereocenters. The van der Waals surface area contributed by atoms with Crippen molar-refractivity contribution in [3.63, 3.8) is 0 Å². The molecule has 0 bridgehead atoms. The van der Waals surface area contributed by atoms with Crippen molar-refractivity contribution in [2.24, 2.45) is 17.8 Å². The quantitative estimate of drug-likeness (QED) is 0.509. The minimum absolute atomic E-state index is 0.101. The largest absolute Gasteiger partial charge is 0.296 e. The first-order valence-corrected chi connectivity index (χ1v) is 6.30. The first kappa shape index (κ1) is 8.40. The van der Waals surface area contributed by atoms with Crippen LogP contribution in [0.1, 0.15) is 6.42 Å². The Bertz CT molecular complexity index is 440. The van der Waals surface area contributed by atoms with E-state index in [0.717, 1.165) is 0 Å². The number of carbonyl (C=O) groups excluding carboxylic acids is 2. The molecule has 0 aromatic rings. The van der Waals surface area contributed by atoms with Gasteiger partial charge in [-0.2, -0.15) is 0 Å². The summed E-state index contributed by atoms with van der Waals surface area (Å²) in [6, 6.07) is 0. The molecule has 6 heteroatoms. The highest BCUT2D eigenvalue weighted by molar-refractivity contribution is 7.92. The summed E-state index contributed by atoms with van der Waals surface area (Å²) in [4.78, 5) is 22.6. The van der Waals surface area contributed by atoms with Crippen LogP contribution < -0.4 is 5.32 Å². The van der Waals surface area contributed by atoms with Crippen LogP contribution in [0.15, 0.2) is 0 Å². The van der Waals surface area contributed by atoms with Gasteiger partial charge in [0.1, 0.15) is 0 Å². The molecule has 1 aliphatic carbocycles. The number of nitrogens with one attached hydrogen (secondary N) is 1. The first-order valence-electron chi connectivity index (χ1n) is 4.58. The molecular formula is C8H9NO4S. The van der Waals surface area contributed by atoms with Crippen molar-refractivity contribution in [3.8, 4) is 0 Å². The van der Waals surface area contributed by atoms with Gasteiger partial charge in [0.15, 0.2) is 9.84 Å². The van der Waals surface area contributed by atoms with Crippen molar-refractivity contribution in [2.45, 2.75) is 11.7 Å². The molecule has 2 aliphatic heterocycles. The van der Waals surface area contributed by atoms with Gasteiger partial charge in [-0.15, -0.1) is 0 Å². The summed E-state index contributed by atoms with van der Waals surface area (Å²) in [5.74, 6) is -1.58. The summed E-state index contributed by atoms with van der Waals surface area (Å²) in [7, 11) is -3.11. The van der Waals surface area contributed by atoms with E-state index in [-0.39, 0.29) is 23.5 Å². The average molecular weight is 215 g/mol. The maximum absolute atomic E-state index is 11.5. The zero-order valence-corrected chi connectivity index (χ0v) is 8.08. The Labute approximate surface area is 80.8 Å². The number of carbonyl (C=O) groups is 2. The molecule has 0 spiro atoms. The lowest BCUT2D eigenvalue weighted by Crippen LogP contribution is -2.52. The molecule has 0 aromatic heterocycles. The molecule has 2 saturated heterocycles. The minimum atomic E-state index is -3.11. The molecule has 76 valence electrons. The molecule has 1 saturated carbocycles. The number of imide groups is 1. The summed E-state index contributed by atoms with van der Waals surface area (Å²) in [6.45, 7) is 0. The topological polar surface area (TPSA) is 80.3 Å². The molecule has 2 amide bonds. The Morgan fingerprint density at radius 2 is 1.79 bits per heavy atom. The van der Waals surface area contributed by atoms with Gasteiger partial charge < -0.3 is 0 Å². The van der Waals surface area contributed by atoms with Crippen LogP contribution in [-0.2, 0) is 19.4 Å². The molecule has 0 radical (unpaired) electrons. The van der Waals surface area contributed by atoms with Crippen LogP contribution in [0.4, 0.5) is 0 Å². The number of rotatable bonds is 0. The Balaban J connectivity index is 2.05. The molecule has 14 heavy (non-hydrogen) atoms. The number of sulfone groups is 1. The van der Waals surface area contributed by atoms with Crippen LogP contribution in [0.25, 0.3) is 0 Å². The van der Waals surface area contributed by atoms with Crippen molar-refractivity contribution in [3.05, 3.63) is 0 Å². The van der Waals surface area contributed by atoms with Gasteiger partial charge >= 0.3 is 0 Å². The Kier molecular flexibility index (Phi) is 1.31. The second kappa shape index (κ2) is 2.18. The fraction of sp³-hybridized carbons (Fsp3) is 0.750. The van der Waals surface area contributed by atoms with Crippen molar-refractivity contribution >= 4 is 21.7 Å². The lowest BCUT2D eigenvalue weighted by Gasteiger charge is -2.39. The monoisotopic (exact) mass is 215 g/mol. The zero-order chi connectivity index (χ0) is 10.1. The lowest BCUT2D eigenvalue weighted by molar-refractivity contribution is -0.127. The smallest absolute Gasteiger partial charge is 0.231 e. The Morgan fingerprint density at radius 1 is 1.14 bits per heavy atom. The Hall–Kier alpha value is -0.910. The summed E-state index contributed by atoms with van der Waals surface area (Å²) in [6.07, 6.45) is 0.537. The number of amides is 2. The van der Waals surface area contributed by atoms with Crippen molar-refractivity contribution < 1.29 is 18.0 Å². The SMILES string of the molecule is O=C1NC(=O)[C@@H]2[C@H]1[C@H]1CCS(=O)(=O)[C@H]12. The summed E-state index contributed by atoms with van der Waals surface area (Å²) < 4.78 is 23.1. The average Bonchev–Trinajstić information content (AvgIpc) is 2.32. The van der Waals surface area contributed by atoms with E-state index in [9.17, 15) is 18.0 Å². The third-order valence-corrected chi connectivity index (χ3v) is 5.90. The fourth-order valence-electron chi connectivity index (χ4n) is 3.02. The minimum Gasteiger partial charge on any atom is -0.296 e. The van der Waals surface area contributed by atoms with Crippen molar-refractivity contribution in [1.82, 2.24) is 5.32 Å². The third kappa shape index (κ3) is 0.739. The zero-order valence-electron chi connectivity index (χ0n) is 7.26. The first-order chi connectivity index (χ1) is 6.52.